The molecule has 0 radical (unpaired) electrons. The van der Waals surface area contributed by atoms with Crippen molar-refractivity contribution in [3.8, 4) is 23.0 Å². The first-order valence-corrected chi connectivity index (χ1v) is 13.8. The summed E-state index contributed by atoms with van der Waals surface area (Å²) in [5.41, 5.74) is 2.79. The summed E-state index contributed by atoms with van der Waals surface area (Å²) in [4.78, 5) is 15.7. The Hall–Kier alpha value is -3.71. The highest BCUT2D eigenvalue weighted by molar-refractivity contribution is 5.93. The second-order valence-corrected chi connectivity index (χ2v) is 10.4. The Bertz CT molecular complexity index is 1220. The second-order valence-electron chi connectivity index (χ2n) is 10.4. The van der Waals surface area contributed by atoms with Crippen molar-refractivity contribution in [2.45, 2.75) is 52.6 Å². The van der Waals surface area contributed by atoms with Crippen molar-refractivity contribution in [2.24, 2.45) is 5.92 Å². The van der Waals surface area contributed by atoms with Gasteiger partial charge in [-0.05, 0) is 76.9 Å². The molecule has 7 nitrogen and oxygen atoms in total. The van der Waals surface area contributed by atoms with Crippen LogP contribution in [0.2, 0.25) is 0 Å². The summed E-state index contributed by atoms with van der Waals surface area (Å²) in [5, 5.41) is 6.56. The molecule has 3 aromatic carbocycles. The zero-order chi connectivity index (χ0) is 27.8. The molecule has 7 heteroatoms. The van der Waals surface area contributed by atoms with E-state index in [1.807, 2.05) is 66.7 Å². The minimum atomic E-state index is -0.195. The minimum Gasteiger partial charge on any atom is -0.493 e. The lowest BCUT2D eigenvalue weighted by Crippen LogP contribution is -2.39. The molecule has 0 fully saturated rings. The van der Waals surface area contributed by atoms with Crippen LogP contribution >= 0.6 is 0 Å². The number of hydrogen-bond acceptors (Lipinski definition) is 6. The van der Waals surface area contributed by atoms with Crippen molar-refractivity contribution in [1.82, 2.24) is 4.90 Å². The van der Waals surface area contributed by atoms with Gasteiger partial charge in [0.15, 0.2) is 11.5 Å². The van der Waals surface area contributed by atoms with Gasteiger partial charge in [-0.15, -0.1) is 0 Å². The average molecular weight is 532 g/mol. The van der Waals surface area contributed by atoms with Crippen molar-refractivity contribution in [3.63, 3.8) is 0 Å². The zero-order valence-corrected chi connectivity index (χ0v) is 23.7. The number of benzene rings is 3. The SMILES string of the molecule is COc1ccc(NC(=O)C2CCc3c(cccc3Oc3ccccc3)NC2)cc1OCCN(C(C)C)C(C)C. The van der Waals surface area contributed by atoms with Crippen LogP contribution in [0.5, 0.6) is 23.0 Å². The zero-order valence-electron chi connectivity index (χ0n) is 23.7. The minimum absolute atomic E-state index is 0.0252. The van der Waals surface area contributed by atoms with E-state index in [0.717, 1.165) is 35.7 Å². The molecule has 208 valence electrons. The molecule has 0 aromatic heterocycles. The lowest BCUT2D eigenvalue weighted by Gasteiger charge is -2.30. The van der Waals surface area contributed by atoms with Gasteiger partial charge >= 0.3 is 0 Å². The molecule has 3 aromatic rings. The molecular formula is C32H41N3O4. The lowest BCUT2D eigenvalue weighted by molar-refractivity contribution is -0.119. The Kier molecular flexibility index (Phi) is 9.71. The predicted octanol–water partition coefficient (Wildman–Crippen LogP) is 6.60. The van der Waals surface area contributed by atoms with Gasteiger partial charge in [-0.2, -0.15) is 0 Å². The van der Waals surface area contributed by atoms with Gasteiger partial charge in [0.05, 0.1) is 13.0 Å². The maximum atomic E-state index is 13.3. The highest BCUT2D eigenvalue weighted by Crippen LogP contribution is 2.35. The first-order valence-electron chi connectivity index (χ1n) is 13.8. The quantitative estimate of drug-likeness (QED) is 0.291. The number of anilines is 2. The van der Waals surface area contributed by atoms with Gasteiger partial charge < -0.3 is 24.8 Å². The largest absolute Gasteiger partial charge is 0.493 e. The summed E-state index contributed by atoms with van der Waals surface area (Å²) in [6, 6.07) is 22.2. The van der Waals surface area contributed by atoms with E-state index in [9.17, 15) is 4.79 Å². The Labute approximate surface area is 232 Å². The Morgan fingerprint density at radius 2 is 1.74 bits per heavy atom. The van der Waals surface area contributed by atoms with E-state index in [1.165, 1.54) is 0 Å². The number of carbonyl (C=O) groups excluding carboxylic acids is 1. The first-order chi connectivity index (χ1) is 18.9. The molecule has 0 bridgehead atoms. The molecule has 1 aliphatic rings. The molecule has 0 saturated carbocycles. The summed E-state index contributed by atoms with van der Waals surface area (Å²) < 4.78 is 17.8. The van der Waals surface area contributed by atoms with Gasteiger partial charge in [-0.3, -0.25) is 9.69 Å². The highest BCUT2D eigenvalue weighted by Gasteiger charge is 2.24. The Balaban J connectivity index is 1.39. The molecule has 0 aliphatic carbocycles. The van der Waals surface area contributed by atoms with Gasteiger partial charge in [0.1, 0.15) is 18.1 Å². The summed E-state index contributed by atoms with van der Waals surface area (Å²) in [6.45, 7) is 10.6. The number of nitrogens with one attached hydrogen (secondary N) is 2. The average Bonchev–Trinajstić information content (AvgIpc) is 3.15. The van der Waals surface area contributed by atoms with Crippen LogP contribution < -0.4 is 24.8 Å². The third kappa shape index (κ3) is 7.45. The van der Waals surface area contributed by atoms with Gasteiger partial charge in [-0.25, -0.2) is 0 Å². The van der Waals surface area contributed by atoms with Crippen molar-refractivity contribution in [1.29, 1.82) is 0 Å². The number of carbonyl (C=O) groups is 1. The molecule has 1 aliphatic heterocycles. The van der Waals surface area contributed by atoms with Crippen LogP contribution in [-0.4, -0.2) is 49.7 Å². The first kappa shape index (κ1) is 28.3. The third-order valence-electron chi connectivity index (χ3n) is 7.12. The molecule has 39 heavy (non-hydrogen) atoms. The third-order valence-corrected chi connectivity index (χ3v) is 7.12. The number of rotatable bonds is 11. The Morgan fingerprint density at radius 3 is 2.46 bits per heavy atom. The number of amides is 1. The number of para-hydroxylation sites is 1. The van der Waals surface area contributed by atoms with Crippen molar-refractivity contribution < 1.29 is 19.0 Å². The summed E-state index contributed by atoms with van der Waals surface area (Å²) in [5.74, 6) is 2.66. The van der Waals surface area contributed by atoms with Gasteiger partial charge in [0, 0.05) is 48.2 Å². The maximum absolute atomic E-state index is 13.3. The molecule has 1 heterocycles. The number of hydrogen-bond donors (Lipinski definition) is 2. The topological polar surface area (TPSA) is 72.1 Å². The smallest absolute Gasteiger partial charge is 0.229 e. The lowest BCUT2D eigenvalue weighted by atomic mass is 9.99. The van der Waals surface area contributed by atoms with E-state index in [2.05, 4.69) is 43.2 Å². The molecule has 1 amide bonds. The fourth-order valence-corrected chi connectivity index (χ4v) is 5.06. The van der Waals surface area contributed by atoms with Crippen molar-refractivity contribution in [3.05, 3.63) is 72.3 Å². The van der Waals surface area contributed by atoms with E-state index in [1.54, 1.807) is 7.11 Å². The van der Waals surface area contributed by atoms with Crippen LogP contribution in [0.1, 0.15) is 39.7 Å². The fourth-order valence-electron chi connectivity index (χ4n) is 5.06. The van der Waals surface area contributed by atoms with E-state index >= 15 is 0 Å². The van der Waals surface area contributed by atoms with Crippen LogP contribution in [0.4, 0.5) is 11.4 Å². The van der Waals surface area contributed by atoms with Crippen LogP contribution in [0.3, 0.4) is 0 Å². The van der Waals surface area contributed by atoms with Crippen LogP contribution in [0.15, 0.2) is 66.7 Å². The molecule has 1 unspecified atom stereocenters. The predicted molar refractivity (Wildman–Crippen MR) is 157 cm³/mol. The van der Waals surface area contributed by atoms with Crippen LogP contribution in [0.25, 0.3) is 0 Å². The van der Waals surface area contributed by atoms with Crippen LogP contribution in [-0.2, 0) is 11.2 Å². The highest BCUT2D eigenvalue weighted by atomic mass is 16.5. The fraction of sp³-hybridized carbons (Fsp3) is 0.406. The van der Waals surface area contributed by atoms with Crippen molar-refractivity contribution >= 4 is 17.3 Å². The molecule has 0 spiro atoms. The molecule has 1 atom stereocenters. The molecule has 4 rings (SSSR count). The molecule has 0 saturated heterocycles. The second kappa shape index (κ2) is 13.4. The van der Waals surface area contributed by atoms with Gasteiger partial charge in [0.2, 0.25) is 5.91 Å². The van der Waals surface area contributed by atoms with E-state index in [-0.39, 0.29) is 11.8 Å². The molecule has 2 N–H and O–H groups in total. The number of fused-ring (bicyclic) bond motifs is 1. The normalized spacial score (nSPS) is 14.9. The van der Waals surface area contributed by atoms with Gasteiger partial charge in [0.25, 0.3) is 0 Å². The number of ether oxygens (including phenoxy) is 3. The van der Waals surface area contributed by atoms with Crippen LogP contribution in [0, 0.1) is 5.92 Å². The number of nitrogens with zero attached hydrogens (tertiary/aromatic N) is 1. The van der Waals surface area contributed by atoms with E-state index in [0.29, 0.717) is 48.8 Å². The molecular weight excluding hydrogens is 490 g/mol. The van der Waals surface area contributed by atoms with E-state index < -0.39 is 0 Å². The summed E-state index contributed by atoms with van der Waals surface area (Å²) >= 11 is 0. The van der Waals surface area contributed by atoms with E-state index in [4.69, 9.17) is 14.2 Å². The monoisotopic (exact) mass is 531 g/mol. The number of methoxy groups -OCH3 is 1. The van der Waals surface area contributed by atoms with Gasteiger partial charge in [-0.1, -0.05) is 24.3 Å². The van der Waals surface area contributed by atoms with Crippen molar-refractivity contribution in [2.75, 3.05) is 37.4 Å². The maximum Gasteiger partial charge on any atom is 0.229 e. The summed E-state index contributed by atoms with van der Waals surface area (Å²) in [6.07, 6.45) is 1.45. The summed E-state index contributed by atoms with van der Waals surface area (Å²) in [7, 11) is 1.62. The standard InChI is InChI=1S/C32H41N3O4/c1-22(2)35(23(3)4)18-19-38-31-20-25(15-17-30(31)37-5)34-32(36)24-14-16-27-28(33-21-24)12-9-13-29(27)39-26-10-7-6-8-11-26/h6-13,15,17,20,22-24,33H,14,16,18-19,21H2,1-5H3,(H,34,36). The Morgan fingerprint density at radius 1 is 0.974 bits per heavy atom.